The average molecular weight is 376 g/mol. The van der Waals surface area contributed by atoms with Crippen molar-refractivity contribution in [1.82, 2.24) is 4.98 Å². The highest BCUT2D eigenvalue weighted by Crippen LogP contribution is 2.28. The summed E-state index contributed by atoms with van der Waals surface area (Å²) < 4.78 is 6.34. The van der Waals surface area contributed by atoms with Gasteiger partial charge in [-0.1, -0.05) is 11.6 Å². The van der Waals surface area contributed by atoms with Crippen molar-refractivity contribution >= 4 is 50.4 Å². The number of rotatable bonds is 5. The molecule has 0 fully saturated rings. The van der Waals surface area contributed by atoms with Gasteiger partial charge in [0.05, 0.1) is 28.0 Å². The van der Waals surface area contributed by atoms with E-state index in [9.17, 15) is 4.79 Å². The number of hydrogen-bond acceptors (Lipinski definition) is 5. The fraction of sp³-hybridized carbons (Fsp3) is 0.222. The molecule has 0 aliphatic heterocycles. The van der Waals surface area contributed by atoms with E-state index < -0.39 is 6.04 Å². The molecule has 0 radical (unpaired) electrons. The van der Waals surface area contributed by atoms with Crippen molar-refractivity contribution < 1.29 is 9.53 Å². The Morgan fingerprint density at radius 2 is 2.08 bits per heavy atom. The monoisotopic (exact) mass is 375 g/mol. The molecule has 1 aromatic heterocycles. The fourth-order valence-electron chi connectivity index (χ4n) is 2.46. The molecule has 0 spiro atoms. The Bertz CT molecular complexity index is 926. The number of carbonyl (C=O) groups excluding carboxylic acids is 1. The Balaban J connectivity index is 1.72. The van der Waals surface area contributed by atoms with Crippen molar-refractivity contribution in [3.05, 3.63) is 46.4 Å². The predicted octanol–water partition coefficient (Wildman–Crippen LogP) is 4.71. The van der Waals surface area contributed by atoms with Crippen LogP contribution in [0.5, 0.6) is 5.75 Å². The Morgan fingerprint density at radius 1 is 1.28 bits per heavy atom. The summed E-state index contributed by atoms with van der Waals surface area (Å²) in [6, 6.07) is 10.5. The molecule has 1 atom stereocenters. The predicted molar refractivity (Wildman–Crippen MR) is 104 cm³/mol. The van der Waals surface area contributed by atoms with E-state index in [0.29, 0.717) is 16.5 Å². The first-order valence-electron chi connectivity index (χ1n) is 7.74. The summed E-state index contributed by atoms with van der Waals surface area (Å²) in [5.74, 6) is 0.382. The number of ether oxygens (including phenoxy) is 1. The molecule has 2 aromatic carbocycles. The van der Waals surface area contributed by atoms with Crippen molar-refractivity contribution in [2.24, 2.45) is 0 Å². The van der Waals surface area contributed by atoms with Crippen LogP contribution >= 0.6 is 22.9 Å². The van der Waals surface area contributed by atoms with Crippen LogP contribution in [0.3, 0.4) is 0 Å². The summed E-state index contributed by atoms with van der Waals surface area (Å²) in [4.78, 5) is 16.9. The standard InChI is InChI=1S/C18H18ClN3O2S/c1-10(18(23)22-15-8-12(19)4-7-16(15)24-3)20-13-5-6-14-17(9-13)25-11(2)21-14/h4-10,20H,1-3H3,(H,22,23)/t10-/m1/s1. The quantitative estimate of drug-likeness (QED) is 0.678. The van der Waals surface area contributed by atoms with Crippen molar-refractivity contribution in [2.45, 2.75) is 19.9 Å². The summed E-state index contributed by atoms with van der Waals surface area (Å²) in [7, 11) is 1.55. The SMILES string of the molecule is COc1ccc(Cl)cc1NC(=O)[C@@H](C)Nc1ccc2nc(C)sc2c1. The van der Waals surface area contributed by atoms with Gasteiger partial charge in [0.1, 0.15) is 11.8 Å². The minimum absolute atomic E-state index is 0.179. The van der Waals surface area contributed by atoms with E-state index in [2.05, 4.69) is 15.6 Å². The number of fused-ring (bicyclic) bond motifs is 1. The van der Waals surface area contributed by atoms with Crippen molar-refractivity contribution in [2.75, 3.05) is 17.7 Å². The largest absolute Gasteiger partial charge is 0.495 e. The minimum Gasteiger partial charge on any atom is -0.495 e. The Hall–Kier alpha value is -2.31. The van der Waals surface area contributed by atoms with Crippen LogP contribution in [0.1, 0.15) is 11.9 Å². The number of aryl methyl sites for hydroxylation is 1. The second-order valence-electron chi connectivity index (χ2n) is 5.62. The second kappa shape index (κ2) is 7.29. The Labute approximate surface area is 155 Å². The smallest absolute Gasteiger partial charge is 0.246 e. The van der Waals surface area contributed by atoms with E-state index in [1.165, 1.54) is 0 Å². The van der Waals surface area contributed by atoms with Crippen LogP contribution in [0.2, 0.25) is 5.02 Å². The van der Waals surface area contributed by atoms with E-state index in [1.807, 2.05) is 25.1 Å². The number of hydrogen-bond donors (Lipinski definition) is 2. The molecular weight excluding hydrogens is 358 g/mol. The minimum atomic E-state index is -0.435. The Morgan fingerprint density at radius 3 is 2.84 bits per heavy atom. The number of aromatic nitrogens is 1. The molecular formula is C18H18ClN3O2S. The molecule has 7 heteroatoms. The lowest BCUT2D eigenvalue weighted by Crippen LogP contribution is -2.32. The highest BCUT2D eigenvalue weighted by atomic mass is 35.5. The number of benzene rings is 2. The van der Waals surface area contributed by atoms with Crippen molar-refractivity contribution in [3.63, 3.8) is 0 Å². The van der Waals surface area contributed by atoms with E-state index in [4.69, 9.17) is 16.3 Å². The molecule has 0 aliphatic carbocycles. The van der Waals surface area contributed by atoms with Gasteiger partial charge in [0.15, 0.2) is 0 Å². The first kappa shape index (κ1) is 17.5. The summed E-state index contributed by atoms with van der Waals surface area (Å²) in [5, 5.41) is 7.60. The van der Waals surface area contributed by atoms with Crippen molar-refractivity contribution in [3.8, 4) is 5.75 Å². The fourth-order valence-corrected chi connectivity index (χ4v) is 3.50. The molecule has 5 nitrogen and oxygen atoms in total. The number of anilines is 2. The highest BCUT2D eigenvalue weighted by Gasteiger charge is 2.15. The normalized spacial score (nSPS) is 12.0. The van der Waals surface area contributed by atoms with E-state index >= 15 is 0 Å². The maximum Gasteiger partial charge on any atom is 0.246 e. The number of amides is 1. The third kappa shape index (κ3) is 4.03. The van der Waals surface area contributed by atoms with E-state index in [1.54, 1.807) is 43.6 Å². The summed E-state index contributed by atoms with van der Waals surface area (Å²) in [6.07, 6.45) is 0. The molecule has 0 saturated heterocycles. The van der Waals surface area contributed by atoms with Crippen LogP contribution in [0, 0.1) is 6.92 Å². The van der Waals surface area contributed by atoms with E-state index in [-0.39, 0.29) is 5.91 Å². The number of carbonyl (C=O) groups is 1. The van der Waals surface area contributed by atoms with Gasteiger partial charge in [-0.25, -0.2) is 4.98 Å². The third-order valence-corrected chi connectivity index (χ3v) is 4.86. The number of methoxy groups -OCH3 is 1. The molecule has 3 aromatic rings. The number of halogens is 1. The summed E-state index contributed by atoms with van der Waals surface area (Å²) in [5.41, 5.74) is 2.38. The summed E-state index contributed by atoms with van der Waals surface area (Å²) >= 11 is 7.62. The maximum absolute atomic E-state index is 12.5. The lowest BCUT2D eigenvalue weighted by molar-refractivity contribution is -0.116. The second-order valence-corrected chi connectivity index (χ2v) is 7.29. The molecule has 1 heterocycles. The number of thiazole rings is 1. The zero-order chi connectivity index (χ0) is 18.0. The topological polar surface area (TPSA) is 63.2 Å². The van der Waals surface area contributed by atoms with Crippen LogP contribution in [0.25, 0.3) is 10.2 Å². The van der Waals surface area contributed by atoms with Gasteiger partial charge in [0.25, 0.3) is 0 Å². The van der Waals surface area contributed by atoms with Gasteiger partial charge < -0.3 is 15.4 Å². The van der Waals surface area contributed by atoms with Gasteiger partial charge in [-0.15, -0.1) is 11.3 Å². The van der Waals surface area contributed by atoms with Gasteiger partial charge in [-0.2, -0.15) is 0 Å². The molecule has 0 unspecified atom stereocenters. The maximum atomic E-state index is 12.5. The first-order valence-corrected chi connectivity index (χ1v) is 8.94. The molecule has 0 aliphatic rings. The molecule has 2 N–H and O–H groups in total. The molecule has 1 amide bonds. The molecule has 25 heavy (non-hydrogen) atoms. The van der Waals surface area contributed by atoms with Crippen LogP contribution in [-0.2, 0) is 4.79 Å². The first-order chi connectivity index (χ1) is 12.0. The van der Waals surface area contributed by atoms with Gasteiger partial charge in [0.2, 0.25) is 5.91 Å². The molecule has 130 valence electrons. The Kier molecular flexibility index (Phi) is 5.11. The number of nitrogens with zero attached hydrogens (tertiary/aromatic N) is 1. The lowest BCUT2D eigenvalue weighted by atomic mass is 10.2. The van der Waals surface area contributed by atoms with Crippen LogP contribution in [0.4, 0.5) is 11.4 Å². The average Bonchev–Trinajstić information content (AvgIpc) is 2.94. The van der Waals surface area contributed by atoms with Gasteiger partial charge in [-0.05, 0) is 50.2 Å². The third-order valence-electron chi connectivity index (χ3n) is 3.69. The number of nitrogens with one attached hydrogen (secondary N) is 2. The van der Waals surface area contributed by atoms with Crippen LogP contribution in [0.15, 0.2) is 36.4 Å². The van der Waals surface area contributed by atoms with Gasteiger partial charge in [-0.3, -0.25) is 4.79 Å². The summed E-state index contributed by atoms with van der Waals surface area (Å²) in [6.45, 7) is 3.78. The van der Waals surface area contributed by atoms with Gasteiger partial charge >= 0.3 is 0 Å². The molecule has 0 saturated carbocycles. The van der Waals surface area contributed by atoms with Crippen LogP contribution in [-0.4, -0.2) is 24.0 Å². The molecule has 0 bridgehead atoms. The lowest BCUT2D eigenvalue weighted by Gasteiger charge is -2.17. The van der Waals surface area contributed by atoms with Crippen LogP contribution < -0.4 is 15.4 Å². The van der Waals surface area contributed by atoms with Gasteiger partial charge in [0, 0.05) is 10.7 Å². The molecule has 3 rings (SSSR count). The zero-order valence-corrected chi connectivity index (χ0v) is 15.7. The zero-order valence-electron chi connectivity index (χ0n) is 14.1. The van der Waals surface area contributed by atoms with E-state index in [0.717, 1.165) is 20.9 Å². The highest BCUT2D eigenvalue weighted by molar-refractivity contribution is 7.18. The van der Waals surface area contributed by atoms with Crippen molar-refractivity contribution in [1.29, 1.82) is 0 Å².